The van der Waals surface area contributed by atoms with Crippen LogP contribution in [0, 0.1) is 11.2 Å². The molecule has 0 saturated carbocycles. The SMILES string of the molecule is CS(=O)(=O)CCNc1nccc(-c2cccc(-c3cnc(/C=C\C(=N)N4CCC[C@@H]4c4cccc(F)c4)[nH]3)n2)n1. The van der Waals surface area contributed by atoms with Gasteiger partial charge in [-0.2, -0.15) is 0 Å². The van der Waals surface area contributed by atoms with Crippen molar-refractivity contribution in [2.45, 2.75) is 18.9 Å². The molecule has 206 valence electrons. The number of H-pyrrole nitrogens is 1. The van der Waals surface area contributed by atoms with Crippen molar-refractivity contribution in [1.82, 2.24) is 29.8 Å². The first-order valence-electron chi connectivity index (χ1n) is 12.8. The molecule has 3 N–H and O–H groups in total. The molecule has 1 saturated heterocycles. The summed E-state index contributed by atoms with van der Waals surface area (Å²) in [4.78, 5) is 22.9. The van der Waals surface area contributed by atoms with Gasteiger partial charge in [-0.1, -0.05) is 18.2 Å². The van der Waals surface area contributed by atoms with Crippen LogP contribution in [0.1, 0.15) is 30.3 Å². The lowest BCUT2D eigenvalue weighted by Gasteiger charge is -2.26. The van der Waals surface area contributed by atoms with Crippen molar-refractivity contribution in [2.24, 2.45) is 0 Å². The van der Waals surface area contributed by atoms with E-state index in [-0.39, 0.29) is 24.2 Å². The summed E-state index contributed by atoms with van der Waals surface area (Å²) in [5.41, 5.74) is 3.45. The zero-order valence-electron chi connectivity index (χ0n) is 21.9. The zero-order valence-corrected chi connectivity index (χ0v) is 22.7. The molecule has 5 rings (SSSR count). The summed E-state index contributed by atoms with van der Waals surface area (Å²) in [6.45, 7) is 0.948. The smallest absolute Gasteiger partial charge is 0.223 e. The first kappa shape index (κ1) is 27.1. The van der Waals surface area contributed by atoms with Gasteiger partial charge < -0.3 is 15.2 Å². The molecule has 1 aliphatic rings. The predicted molar refractivity (Wildman–Crippen MR) is 153 cm³/mol. The largest absolute Gasteiger partial charge is 0.353 e. The van der Waals surface area contributed by atoms with Crippen LogP contribution in [0.5, 0.6) is 0 Å². The Morgan fingerprint density at radius 1 is 1.15 bits per heavy atom. The molecule has 0 radical (unpaired) electrons. The number of pyridine rings is 1. The zero-order chi connectivity index (χ0) is 28.1. The normalized spacial score (nSPS) is 15.6. The van der Waals surface area contributed by atoms with Gasteiger partial charge in [-0.15, -0.1) is 0 Å². The highest BCUT2D eigenvalue weighted by molar-refractivity contribution is 7.90. The van der Waals surface area contributed by atoms with E-state index < -0.39 is 9.84 Å². The Bertz CT molecular complexity index is 1650. The number of sulfone groups is 1. The second-order valence-corrected chi connectivity index (χ2v) is 11.8. The Morgan fingerprint density at radius 3 is 2.77 bits per heavy atom. The van der Waals surface area contributed by atoms with Crippen LogP contribution in [-0.4, -0.2) is 69.2 Å². The number of hydrogen-bond donors (Lipinski definition) is 3. The van der Waals surface area contributed by atoms with E-state index in [0.29, 0.717) is 40.4 Å². The Labute approximate surface area is 231 Å². The molecule has 0 bridgehead atoms. The van der Waals surface area contributed by atoms with E-state index in [4.69, 9.17) is 10.4 Å². The number of halogens is 1. The molecule has 1 aliphatic heterocycles. The van der Waals surface area contributed by atoms with Gasteiger partial charge in [-0.25, -0.2) is 32.7 Å². The van der Waals surface area contributed by atoms with Gasteiger partial charge in [0.1, 0.15) is 27.3 Å². The molecule has 0 unspecified atom stereocenters. The minimum Gasteiger partial charge on any atom is -0.353 e. The third kappa shape index (κ3) is 6.75. The molecule has 40 heavy (non-hydrogen) atoms. The number of nitrogens with one attached hydrogen (secondary N) is 3. The van der Waals surface area contributed by atoms with Gasteiger partial charge in [-0.05, 0) is 60.9 Å². The monoisotopic (exact) mass is 560 g/mol. The number of imidazole rings is 1. The molecule has 0 amide bonds. The van der Waals surface area contributed by atoms with E-state index in [9.17, 15) is 12.8 Å². The van der Waals surface area contributed by atoms with Crippen LogP contribution in [-0.2, 0) is 9.84 Å². The highest BCUT2D eigenvalue weighted by Gasteiger charge is 2.27. The van der Waals surface area contributed by atoms with Gasteiger partial charge in [0.25, 0.3) is 0 Å². The number of rotatable bonds is 9. The fraction of sp³-hybridized carbons (Fsp3) is 0.250. The molecule has 3 aromatic heterocycles. The lowest BCUT2D eigenvalue weighted by Crippen LogP contribution is -2.28. The molecule has 12 heteroatoms. The fourth-order valence-electron chi connectivity index (χ4n) is 4.58. The number of amidine groups is 1. The van der Waals surface area contributed by atoms with Crippen LogP contribution in [0.25, 0.3) is 28.9 Å². The highest BCUT2D eigenvalue weighted by atomic mass is 32.2. The lowest BCUT2D eigenvalue weighted by molar-refractivity contribution is 0.399. The highest BCUT2D eigenvalue weighted by Crippen LogP contribution is 2.32. The third-order valence-corrected chi connectivity index (χ3v) is 7.43. The van der Waals surface area contributed by atoms with Gasteiger partial charge in [0.2, 0.25) is 5.95 Å². The first-order valence-corrected chi connectivity index (χ1v) is 14.9. The van der Waals surface area contributed by atoms with Crippen LogP contribution >= 0.6 is 0 Å². The van der Waals surface area contributed by atoms with Crippen molar-refractivity contribution in [3.63, 3.8) is 0 Å². The Morgan fingerprint density at radius 2 is 1.95 bits per heavy atom. The van der Waals surface area contributed by atoms with Crippen LogP contribution in [0.15, 0.2) is 67.0 Å². The summed E-state index contributed by atoms with van der Waals surface area (Å²) in [6, 6.07) is 13.8. The number of anilines is 1. The number of aromatic nitrogens is 5. The summed E-state index contributed by atoms with van der Waals surface area (Å²) >= 11 is 0. The molecule has 10 nitrogen and oxygen atoms in total. The van der Waals surface area contributed by atoms with E-state index in [2.05, 4.69) is 25.3 Å². The average Bonchev–Trinajstić information content (AvgIpc) is 3.62. The topological polar surface area (TPSA) is 141 Å². The van der Waals surface area contributed by atoms with Gasteiger partial charge in [0.15, 0.2) is 0 Å². The maximum atomic E-state index is 13.7. The number of likely N-dealkylation sites (tertiary alicyclic amines) is 1. The first-order chi connectivity index (χ1) is 19.2. The maximum Gasteiger partial charge on any atom is 0.223 e. The van der Waals surface area contributed by atoms with Crippen LogP contribution < -0.4 is 5.32 Å². The average molecular weight is 561 g/mol. The van der Waals surface area contributed by atoms with Crippen molar-refractivity contribution >= 4 is 27.7 Å². The van der Waals surface area contributed by atoms with Crippen molar-refractivity contribution in [3.8, 4) is 22.8 Å². The van der Waals surface area contributed by atoms with E-state index in [0.717, 1.165) is 24.9 Å². The summed E-state index contributed by atoms with van der Waals surface area (Å²) in [7, 11) is -3.09. The van der Waals surface area contributed by atoms with Crippen molar-refractivity contribution in [2.75, 3.05) is 30.4 Å². The van der Waals surface area contributed by atoms with Crippen molar-refractivity contribution in [1.29, 1.82) is 5.41 Å². The summed E-state index contributed by atoms with van der Waals surface area (Å²) < 4.78 is 36.5. The molecule has 4 aromatic rings. The van der Waals surface area contributed by atoms with Gasteiger partial charge in [0, 0.05) is 25.5 Å². The van der Waals surface area contributed by atoms with E-state index in [1.54, 1.807) is 36.7 Å². The number of hydrogen-bond acceptors (Lipinski definition) is 8. The molecule has 1 atom stereocenters. The van der Waals surface area contributed by atoms with Crippen molar-refractivity contribution in [3.05, 3.63) is 84.2 Å². The Balaban J connectivity index is 1.27. The minimum atomic E-state index is -3.09. The van der Waals surface area contributed by atoms with E-state index >= 15 is 0 Å². The minimum absolute atomic E-state index is 0.0178. The molecule has 4 heterocycles. The maximum absolute atomic E-state index is 13.7. The second kappa shape index (κ2) is 11.7. The van der Waals surface area contributed by atoms with Gasteiger partial charge in [-0.3, -0.25) is 5.41 Å². The summed E-state index contributed by atoms with van der Waals surface area (Å²) in [6.07, 6.45) is 9.71. The predicted octanol–water partition coefficient (Wildman–Crippen LogP) is 4.35. The molecule has 0 spiro atoms. The van der Waals surface area contributed by atoms with Crippen LogP contribution in [0.4, 0.5) is 10.3 Å². The standard InChI is InChI=1S/C28H29FN8O2S/c1-40(38,39)16-14-32-28-31-13-12-23(36-28)21-7-3-8-22(34-21)24-18-33-27(35-24)11-10-26(30)37-15-4-9-25(37)19-5-2-6-20(29)17-19/h2-3,5-8,10-13,17-18,25,30H,4,9,14-16H2,1H3,(H,33,35)(H,31,32,36)/b11-10-,30-26?/t25-/m1/s1. The fourth-order valence-corrected chi connectivity index (χ4v) is 5.06. The van der Waals surface area contributed by atoms with Gasteiger partial charge in [0.05, 0.1) is 40.8 Å². The quantitative estimate of drug-likeness (QED) is 0.203. The Kier molecular flexibility index (Phi) is 7.96. The van der Waals surface area contributed by atoms with E-state index in [1.165, 1.54) is 18.4 Å². The number of aromatic amines is 1. The summed E-state index contributed by atoms with van der Waals surface area (Å²) in [5.74, 6) is 0.953. The second-order valence-electron chi connectivity index (χ2n) is 9.54. The molecular weight excluding hydrogens is 531 g/mol. The van der Waals surface area contributed by atoms with E-state index in [1.807, 2.05) is 29.2 Å². The number of benzene rings is 1. The molecule has 1 fully saturated rings. The third-order valence-electron chi connectivity index (χ3n) is 6.49. The van der Waals surface area contributed by atoms with Crippen LogP contribution in [0.3, 0.4) is 0 Å². The Hall–Kier alpha value is -4.45. The number of nitrogens with zero attached hydrogens (tertiary/aromatic N) is 5. The summed E-state index contributed by atoms with van der Waals surface area (Å²) in [5, 5.41) is 11.5. The molecule has 0 aliphatic carbocycles. The van der Waals surface area contributed by atoms with Crippen molar-refractivity contribution < 1.29 is 12.8 Å². The molecule has 1 aromatic carbocycles. The van der Waals surface area contributed by atoms with Gasteiger partial charge >= 0.3 is 0 Å². The molecular formula is C28H29FN8O2S. The lowest BCUT2D eigenvalue weighted by atomic mass is 10.0. The van der Waals surface area contributed by atoms with Crippen LogP contribution in [0.2, 0.25) is 0 Å².